The normalized spacial score (nSPS) is 15.5. The van der Waals surface area contributed by atoms with Crippen molar-refractivity contribution in [3.8, 4) is 11.1 Å². The first-order valence-corrected chi connectivity index (χ1v) is 18.2. The number of anilines is 2. The number of urea groups is 1. The summed E-state index contributed by atoms with van der Waals surface area (Å²) in [5.74, 6) is -0.681. The summed E-state index contributed by atoms with van der Waals surface area (Å²) in [5, 5.41) is 7.72. The molecule has 1 fully saturated rings. The zero-order chi connectivity index (χ0) is 28.6. The van der Waals surface area contributed by atoms with Crippen LogP contribution in [0.1, 0.15) is 33.6 Å². The average Bonchev–Trinajstić information content (AvgIpc) is 2.94. The number of rotatable bonds is 7. The van der Waals surface area contributed by atoms with Crippen LogP contribution in [-0.4, -0.2) is 56.5 Å². The minimum atomic E-state index is -1.16. The van der Waals surface area contributed by atoms with E-state index in [1.165, 1.54) is 24.3 Å². The molecule has 1 aliphatic rings. The van der Waals surface area contributed by atoms with Gasteiger partial charge in [0.1, 0.15) is 6.29 Å². The van der Waals surface area contributed by atoms with Gasteiger partial charge in [-0.3, -0.25) is 4.79 Å². The predicted molar refractivity (Wildman–Crippen MR) is 166 cm³/mol. The van der Waals surface area contributed by atoms with Gasteiger partial charge in [0.2, 0.25) is 0 Å². The number of alkyl halides is 2. The maximum atomic E-state index is 12.9. The molecule has 40 heavy (non-hydrogen) atoms. The van der Waals surface area contributed by atoms with E-state index in [0.29, 0.717) is 23.1 Å². The molecule has 1 saturated heterocycles. The molecule has 11 heteroatoms. The summed E-state index contributed by atoms with van der Waals surface area (Å²) in [5.41, 5.74) is 2.66. The van der Waals surface area contributed by atoms with Gasteiger partial charge >= 0.3 is 179 Å². The molecule has 0 saturated carbocycles. The molecule has 3 aromatic carbocycles. The number of carbonyl (C=O) groups excluding carboxylic acids is 4. The Balaban J connectivity index is 1.49. The summed E-state index contributed by atoms with van der Waals surface area (Å²) in [6, 6.07) is 17.8. The van der Waals surface area contributed by atoms with Crippen molar-refractivity contribution < 1.29 is 23.9 Å². The molecular weight excluding hydrogens is 647 g/mol. The second kappa shape index (κ2) is 13.7. The Hall–Kier alpha value is -3.48. The zero-order valence-corrected chi connectivity index (χ0v) is 25.0. The first kappa shape index (κ1) is 29.5. The van der Waals surface area contributed by atoms with E-state index in [9.17, 15) is 19.2 Å². The van der Waals surface area contributed by atoms with Crippen molar-refractivity contribution in [1.29, 1.82) is 0 Å². The Morgan fingerprint density at radius 2 is 1.77 bits per heavy atom. The molecular formula is C29H30ClIN4O5. The zero-order valence-electron chi connectivity index (χ0n) is 22.1. The number of benzene rings is 3. The van der Waals surface area contributed by atoms with Crippen molar-refractivity contribution in [2.24, 2.45) is 0 Å². The SMILES string of the molecule is CI(C)N1CCCC(OC(=O)Nc2cc(C(=O)NC(=O)Nc3ccc(C=O)cc3Cl)ccc2-c2ccccc2)C1. The van der Waals surface area contributed by atoms with Gasteiger partial charge < -0.3 is 5.32 Å². The molecule has 1 aliphatic heterocycles. The van der Waals surface area contributed by atoms with Crippen molar-refractivity contribution in [1.82, 2.24) is 8.43 Å². The van der Waals surface area contributed by atoms with Gasteiger partial charge in [0.25, 0.3) is 0 Å². The van der Waals surface area contributed by atoms with Crippen LogP contribution in [0.25, 0.3) is 11.1 Å². The second-order valence-electron chi connectivity index (χ2n) is 9.27. The molecule has 1 atom stereocenters. The van der Waals surface area contributed by atoms with Crippen LogP contribution in [0.15, 0.2) is 66.7 Å². The molecule has 9 nitrogen and oxygen atoms in total. The van der Waals surface area contributed by atoms with Gasteiger partial charge in [-0.25, -0.2) is 4.79 Å². The number of carbonyl (C=O) groups is 4. The minimum absolute atomic E-state index is 0.154. The van der Waals surface area contributed by atoms with E-state index in [0.717, 1.165) is 31.5 Å². The number of halogens is 2. The van der Waals surface area contributed by atoms with Crippen LogP contribution < -0.4 is 16.0 Å². The topological polar surface area (TPSA) is 117 Å². The van der Waals surface area contributed by atoms with Gasteiger partial charge in [-0.15, -0.1) is 0 Å². The summed E-state index contributed by atoms with van der Waals surface area (Å²) < 4.78 is 8.19. The van der Waals surface area contributed by atoms with Crippen LogP contribution >= 0.6 is 31.7 Å². The third-order valence-electron chi connectivity index (χ3n) is 6.29. The quantitative estimate of drug-likeness (QED) is 0.114. The monoisotopic (exact) mass is 676 g/mol. The van der Waals surface area contributed by atoms with E-state index in [-0.39, 0.29) is 22.4 Å². The summed E-state index contributed by atoms with van der Waals surface area (Å²) in [4.78, 5) is 53.8. The number of piperidine rings is 1. The van der Waals surface area contributed by atoms with Gasteiger partial charge in [-0.2, -0.15) is 0 Å². The first-order valence-electron chi connectivity index (χ1n) is 12.5. The molecule has 1 heterocycles. The second-order valence-corrected chi connectivity index (χ2v) is 15.1. The number of amides is 4. The van der Waals surface area contributed by atoms with Crippen LogP contribution in [0, 0.1) is 0 Å². The van der Waals surface area contributed by atoms with Crippen molar-refractivity contribution in [3.63, 3.8) is 0 Å². The van der Waals surface area contributed by atoms with E-state index in [2.05, 4.69) is 28.9 Å². The number of ether oxygens (including phenoxy) is 1. The number of nitrogens with one attached hydrogen (secondary N) is 3. The molecule has 0 aliphatic carbocycles. The fourth-order valence-corrected chi connectivity index (χ4v) is 7.05. The summed E-state index contributed by atoms with van der Waals surface area (Å²) in [6.45, 7) is 1.77. The van der Waals surface area contributed by atoms with Gasteiger partial charge in [-0.05, 0) is 18.2 Å². The van der Waals surface area contributed by atoms with Gasteiger partial charge in [0, 0.05) is 5.56 Å². The average molecular weight is 677 g/mol. The molecule has 210 valence electrons. The summed E-state index contributed by atoms with van der Waals surface area (Å²) in [7, 11) is 0. The summed E-state index contributed by atoms with van der Waals surface area (Å²) in [6.07, 6.45) is 1.62. The molecule has 4 amide bonds. The molecule has 0 bridgehead atoms. The van der Waals surface area contributed by atoms with E-state index in [4.69, 9.17) is 16.3 Å². The Labute approximate surface area is 245 Å². The number of hydrogen-bond acceptors (Lipinski definition) is 6. The van der Waals surface area contributed by atoms with E-state index >= 15 is 0 Å². The number of nitrogens with zero attached hydrogens (tertiary/aromatic N) is 1. The Kier molecular flexibility index (Phi) is 10.1. The van der Waals surface area contributed by atoms with Crippen LogP contribution in [0.2, 0.25) is 5.02 Å². The Bertz CT molecular complexity index is 1400. The van der Waals surface area contributed by atoms with Gasteiger partial charge in [0.15, 0.2) is 0 Å². The van der Waals surface area contributed by atoms with Gasteiger partial charge in [0.05, 0.1) is 10.7 Å². The third-order valence-corrected chi connectivity index (χ3v) is 10.2. The summed E-state index contributed by atoms with van der Waals surface area (Å²) >= 11 is 4.94. The van der Waals surface area contributed by atoms with Crippen LogP contribution in [0.3, 0.4) is 0 Å². The maximum absolute atomic E-state index is 12.9. The van der Waals surface area contributed by atoms with Crippen LogP contribution in [0.5, 0.6) is 0 Å². The van der Waals surface area contributed by atoms with E-state index < -0.39 is 38.1 Å². The molecule has 0 aromatic heterocycles. The van der Waals surface area contributed by atoms with Gasteiger partial charge in [-0.1, -0.05) is 11.6 Å². The number of aldehydes is 1. The standard InChI is InChI=1S/C29H30ClIN4O5/c1-31(2)35-14-6-9-22(17-35)40-29(39)33-26-16-21(11-12-23(26)20-7-4-3-5-8-20)27(37)34-28(38)32-25-13-10-19(18-36)15-24(25)30/h3-5,7-8,10-13,15-16,18,22H,6,9,14,17H2,1-2H3,(H,33,39)(H2,32,34,37,38). The number of hydrogen-bond donors (Lipinski definition) is 3. The molecule has 4 rings (SSSR count). The number of imide groups is 1. The third kappa shape index (κ3) is 7.80. The van der Waals surface area contributed by atoms with Crippen LogP contribution in [0.4, 0.5) is 21.0 Å². The van der Waals surface area contributed by atoms with E-state index in [1.807, 2.05) is 30.3 Å². The predicted octanol–water partition coefficient (Wildman–Crippen LogP) is 6.48. The molecule has 0 radical (unpaired) electrons. The van der Waals surface area contributed by atoms with Crippen molar-refractivity contribution in [2.45, 2.75) is 18.9 Å². The van der Waals surface area contributed by atoms with Crippen molar-refractivity contribution >= 4 is 67.4 Å². The molecule has 0 spiro atoms. The first-order chi connectivity index (χ1) is 19.2. The molecule has 3 N–H and O–H groups in total. The fraction of sp³-hybridized carbons (Fsp3) is 0.241. The van der Waals surface area contributed by atoms with Crippen molar-refractivity contribution in [2.75, 3.05) is 33.6 Å². The Morgan fingerprint density at radius 1 is 1.00 bits per heavy atom. The fourth-order valence-electron chi connectivity index (χ4n) is 4.28. The Morgan fingerprint density at radius 3 is 2.48 bits per heavy atom. The van der Waals surface area contributed by atoms with E-state index in [1.54, 1.807) is 12.1 Å². The molecule has 1 unspecified atom stereocenters. The van der Waals surface area contributed by atoms with Crippen molar-refractivity contribution in [3.05, 3.63) is 82.9 Å². The van der Waals surface area contributed by atoms with Crippen LogP contribution in [-0.2, 0) is 4.74 Å². The molecule has 3 aromatic rings.